The molecule has 0 spiro atoms. The van der Waals surface area contributed by atoms with Crippen molar-refractivity contribution in [2.24, 2.45) is 5.92 Å². The van der Waals surface area contributed by atoms with E-state index < -0.39 is 23.9 Å². The number of esters is 1. The smallest absolute Gasteiger partial charge is 0.407 e. The van der Waals surface area contributed by atoms with Crippen molar-refractivity contribution in [2.45, 2.75) is 12.5 Å². The van der Waals surface area contributed by atoms with Crippen LogP contribution in [-0.4, -0.2) is 67.9 Å². The Morgan fingerprint density at radius 3 is 2.47 bits per heavy atom. The van der Waals surface area contributed by atoms with Crippen molar-refractivity contribution in [2.75, 3.05) is 33.9 Å². The molecule has 19 heavy (non-hydrogen) atoms. The van der Waals surface area contributed by atoms with Gasteiger partial charge in [0.1, 0.15) is 0 Å². The number of carboxylic acids is 1. The maximum absolute atomic E-state index is 11.2. The molecule has 1 rings (SSSR count). The minimum atomic E-state index is -0.953. The monoisotopic (exact) mass is 274 g/mol. The molecule has 1 heterocycles. The lowest BCUT2D eigenvalue weighted by Crippen LogP contribution is -2.53. The summed E-state index contributed by atoms with van der Waals surface area (Å²) in [6, 6.07) is -0.369. The highest BCUT2D eigenvalue weighted by atomic mass is 16.5. The number of hydrogen-bond acceptors (Lipinski definition) is 6. The van der Waals surface area contributed by atoms with Crippen LogP contribution in [0.25, 0.3) is 0 Å². The van der Waals surface area contributed by atoms with E-state index in [-0.39, 0.29) is 19.1 Å². The van der Waals surface area contributed by atoms with Crippen molar-refractivity contribution in [1.82, 2.24) is 10.2 Å². The molecule has 108 valence electrons. The van der Waals surface area contributed by atoms with Crippen molar-refractivity contribution < 1.29 is 29.0 Å². The molecule has 1 fully saturated rings. The third-order valence-corrected chi connectivity index (χ3v) is 2.96. The number of piperidine rings is 1. The molecule has 0 aliphatic carbocycles. The number of carbonyl (C=O) groups is 3. The first-order valence-electron chi connectivity index (χ1n) is 5.82. The summed E-state index contributed by atoms with van der Waals surface area (Å²) < 4.78 is 9.02. The Kier molecular flexibility index (Phi) is 5.56. The molecule has 8 nitrogen and oxygen atoms in total. The fourth-order valence-electron chi connectivity index (χ4n) is 2.08. The third-order valence-electron chi connectivity index (χ3n) is 2.96. The molecular formula is C11H18N2O6. The topological polar surface area (TPSA) is 105 Å². The summed E-state index contributed by atoms with van der Waals surface area (Å²) >= 11 is 0. The Balaban J connectivity index is 2.64. The molecule has 0 radical (unpaired) electrons. The maximum atomic E-state index is 11.2. The van der Waals surface area contributed by atoms with Gasteiger partial charge in [-0.25, -0.2) is 4.79 Å². The molecule has 0 bridgehead atoms. The number of nitrogens with one attached hydrogen (secondary N) is 1. The lowest BCUT2D eigenvalue weighted by molar-refractivity contribution is -0.147. The molecule has 1 aliphatic rings. The molecule has 1 saturated heterocycles. The summed E-state index contributed by atoms with van der Waals surface area (Å²) in [6.07, 6.45) is -0.309. The van der Waals surface area contributed by atoms with E-state index in [1.807, 2.05) is 0 Å². The summed E-state index contributed by atoms with van der Waals surface area (Å²) in [5.74, 6) is -2.03. The van der Waals surface area contributed by atoms with Gasteiger partial charge in [-0.2, -0.15) is 0 Å². The second kappa shape index (κ2) is 6.93. The van der Waals surface area contributed by atoms with Gasteiger partial charge in [0, 0.05) is 19.1 Å². The van der Waals surface area contributed by atoms with Crippen molar-refractivity contribution >= 4 is 18.0 Å². The summed E-state index contributed by atoms with van der Waals surface area (Å²) in [5.41, 5.74) is 0. The Morgan fingerprint density at radius 1 is 1.26 bits per heavy atom. The molecule has 0 aromatic heterocycles. The number of methoxy groups -OCH3 is 2. The highest BCUT2D eigenvalue weighted by molar-refractivity contribution is 5.73. The van der Waals surface area contributed by atoms with E-state index in [1.54, 1.807) is 4.90 Å². The number of hydrogen-bond donors (Lipinski definition) is 2. The standard InChI is InChI=1S/C11H18N2O6/c1-18-9(14)6-13-4-7(10(15)16)3-8(5-13)12-11(17)19-2/h7-8H,3-6H2,1-2H3,(H,12,17)(H,15,16). The van der Waals surface area contributed by atoms with Gasteiger partial charge in [-0.1, -0.05) is 0 Å². The van der Waals surface area contributed by atoms with Gasteiger partial charge >= 0.3 is 18.0 Å². The number of carbonyl (C=O) groups excluding carboxylic acids is 2. The van der Waals surface area contributed by atoms with Gasteiger partial charge in [0.25, 0.3) is 0 Å². The zero-order valence-electron chi connectivity index (χ0n) is 10.9. The number of carboxylic acid groups (broad SMARTS) is 1. The average molecular weight is 274 g/mol. The number of aliphatic carboxylic acids is 1. The zero-order valence-corrected chi connectivity index (χ0v) is 10.9. The lowest BCUT2D eigenvalue weighted by Gasteiger charge is -2.35. The van der Waals surface area contributed by atoms with E-state index in [2.05, 4.69) is 14.8 Å². The second-order valence-electron chi connectivity index (χ2n) is 4.37. The van der Waals surface area contributed by atoms with Crippen LogP contribution in [0.3, 0.4) is 0 Å². The van der Waals surface area contributed by atoms with Crippen LogP contribution in [0.5, 0.6) is 0 Å². The van der Waals surface area contributed by atoms with E-state index >= 15 is 0 Å². The first kappa shape index (κ1) is 15.2. The van der Waals surface area contributed by atoms with Crippen LogP contribution in [0.1, 0.15) is 6.42 Å². The van der Waals surface area contributed by atoms with Gasteiger partial charge < -0.3 is 19.9 Å². The van der Waals surface area contributed by atoms with Gasteiger partial charge in [0.15, 0.2) is 0 Å². The Hall–Kier alpha value is -1.83. The van der Waals surface area contributed by atoms with Crippen molar-refractivity contribution in [3.8, 4) is 0 Å². The Morgan fingerprint density at radius 2 is 1.95 bits per heavy atom. The molecule has 2 unspecified atom stereocenters. The van der Waals surface area contributed by atoms with Crippen molar-refractivity contribution in [3.05, 3.63) is 0 Å². The minimum Gasteiger partial charge on any atom is -0.481 e. The van der Waals surface area contributed by atoms with Crippen LogP contribution < -0.4 is 5.32 Å². The molecule has 1 amide bonds. The van der Waals surface area contributed by atoms with Gasteiger partial charge in [0.2, 0.25) is 0 Å². The van der Waals surface area contributed by atoms with E-state index in [1.165, 1.54) is 14.2 Å². The van der Waals surface area contributed by atoms with Gasteiger partial charge in [-0.05, 0) is 6.42 Å². The van der Waals surface area contributed by atoms with Crippen molar-refractivity contribution in [1.29, 1.82) is 0 Å². The summed E-state index contributed by atoms with van der Waals surface area (Å²) in [6.45, 7) is 0.636. The number of ether oxygens (including phenoxy) is 2. The molecule has 0 aromatic carbocycles. The predicted octanol–water partition coefficient (Wildman–Crippen LogP) is -0.709. The van der Waals surface area contributed by atoms with Gasteiger partial charge in [-0.15, -0.1) is 0 Å². The van der Waals surface area contributed by atoms with Crippen LogP contribution in [-0.2, 0) is 19.1 Å². The number of rotatable bonds is 4. The summed E-state index contributed by atoms with van der Waals surface area (Å²) in [4.78, 5) is 35.1. The van der Waals surface area contributed by atoms with Crippen molar-refractivity contribution in [3.63, 3.8) is 0 Å². The SMILES string of the molecule is COC(=O)CN1CC(NC(=O)OC)CC(C(=O)O)C1. The average Bonchev–Trinajstić information content (AvgIpc) is 2.37. The third kappa shape index (κ3) is 4.74. The predicted molar refractivity (Wildman–Crippen MR) is 63.5 cm³/mol. The number of amides is 1. The van der Waals surface area contributed by atoms with E-state index in [9.17, 15) is 14.4 Å². The molecule has 2 atom stereocenters. The van der Waals surface area contributed by atoms with Crippen LogP contribution >= 0.6 is 0 Å². The first-order valence-corrected chi connectivity index (χ1v) is 5.82. The molecule has 1 aliphatic heterocycles. The Bertz CT molecular complexity index is 333. The summed E-state index contributed by atoms with van der Waals surface area (Å²) in [7, 11) is 2.50. The lowest BCUT2D eigenvalue weighted by atomic mass is 9.94. The van der Waals surface area contributed by atoms with Crippen LogP contribution in [0.15, 0.2) is 0 Å². The highest BCUT2D eigenvalue weighted by Crippen LogP contribution is 2.17. The Labute approximate surface area is 110 Å². The fourth-order valence-corrected chi connectivity index (χ4v) is 2.08. The summed E-state index contributed by atoms with van der Waals surface area (Å²) in [5, 5.41) is 11.6. The number of nitrogens with zero attached hydrogens (tertiary/aromatic N) is 1. The minimum absolute atomic E-state index is 0.000364. The van der Waals surface area contributed by atoms with E-state index in [0.29, 0.717) is 13.0 Å². The highest BCUT2D eigenvalue weighted by Gasteiger charge is 2.33. The van der Waals surface area contributed by atoms with Crippen LogP contribution in [0.2, 0.25) is 0 Å². The quantitative estimate of drug-likeness (QED) is 0.652. The fraction of sp³-hybridized carbons (Fsp3) is 0.727. The van der Waals surface area contributed by atoms with Gasteiger partial charge in [0.05, 0.1) is 26.7 Å². The maximum Gasteiger partial charge on any atom is 0.407 e. The van der Waals surface area contributed by atoms with Crippen LogP contribution in [0.4, 0.5) is 4.79 Å². The molecular weight excluding hydrogens is 256 g/mol. The van der Waals surface area contributed by atoms with E-state index in [4.69, 9.17) is 5.11 Å². The number of likely N-dealkylation sites (tertiary alicyclic amines) is 1. The van der Waals surface area contributed by atoms with E-state index in [0.717, 1.165) is 0 Å². The molecule has 0 aromatic rings. The second-order valence-corrected chi connectivity index (χ2v) is 4.37. The molecule has 2 N–H and O–H groups in total. The largest absolute Gasteiger partial charge is 0.481 e. The van der Waals surface area contributed by atoms with Gasteiger partial charge in [-0.3, -0.25) is 14.5 Å². The first-order chi connectivity index (χ1) is 8.96. The van der Waals surface area contributed by atoms with Crippen LogP contribution in [0, 0.1) is 5.92 Å². The molecule has 0 saturated carbocycles. The zero-order chi connectivity index (χ0) is 14.4. The normalized spacial score (nSPS) is 23.5. The number of alkyl carbamates (subject to hydrolysis) is 1. The molecule has 8 heteroatoms.